The SMILES string of the molecule is CCCCCOc1ccc(N2CCCCC2)cc1.Cl. The summed E-state index contributed by atoms with van der Waals surface area (Å²) in [5.74, 6) is 1.01. The summed E-state index contributed by atoms with van der Waals surface area (Å²) in [7, 11) is 0. The van der Waals surface area contributed by atoms with Crippen LogP contribution < -0.4 is 9.64 Å². The van der Waals surface area contributed by atoms with E-state index in [2.05, 4.69) is 36.1 Å². The van der Waals surface area contributed by atoms with Crippen molar-refractivity contribution >= 4 is 18.1 Å². The highest BCUT2D eigenvalue weighted by atomic mass is 35.5. The molecule has 0 bridgehead atoms. The molecule has 0 spiro atoms. The van der Waals surface area contributed by atoms with Crippen molar-refractivity contribution in [3.63, 3.8) is 0 Å². The van der Waals surface area contributed by atoms with Crippen molar-refractivity contribution < 1.29 is 4.74 Å². The number of unbranched alkanes of at least 4 members (excludes halogenated alkanes) is 2. The molecule has 2 nitrogen and oxygen atoms in total. The van der Waals surface area contributed by atoms with Crippen molar-refractivity contribution in [2.75, 3.05) is 24.6 Å². The molecular formula is C16H26ClNO. The third-order valence-corrected chi connectivity index (χ3v) is 3.57. The summed E-state index contributed by atoms with van der Waals surface area (Å²) in [5.41, 5.74) is 1.34. The average molecular weight is 284 g/mol. The van der Waals surface area contributed by atoms with Gasteiger partial charge in [-0.25, -0.2) is 0 Å². The van der Waals surface area contributed by atoms with Crippen LogP contribution in [0.2, 0.25) is 0 Å². The molecule has 0 aromatic heterocycles. The Kier molecular flexibility index (Phi) is 7.73. The second-order valence-corrected chi connectivity index (χ2v) is 5.10. The van der Waals surface area contributed by atoms with Crippen LogP contribution in [0, 0.1) is 0 Å². The molecule has 1 heterocycles. The number of hydrogen-bond donors (Lipinski definition) is 0. The predicted octanol–water partition coefficient (Wildman–Crippen LogP) is 4.67. The minimum atomic E-state index is 0. The lowest BCUT2D eigenvalue weighted by Gasteiger charge is -2.28. The lowest BCUT2D eigenvalue weighted by Crippen LogP contribution is -2.29. The van der Waals surface area contributed by atoms with Crippen LogP contribution in [0.5, 0.6) is 5.75 Å². The third-order valence-electron chi connectivity index (χ3n) is 3.57. The number of piperidine rings is 1. The number of nitrogens with zero attached hydrogens (tertiary/aromatic N) is 1. The zero-order valence-corrected chi connectivity index (χ0v) is 12.8. The molecule has 1 aromatic rings. The number of anilines is 1. The van der Waals surface area contributed by atoms with Crippen molar-refractivity contribution in [3.05, 3.63) is 24.3 Å². The number of hydrogen-bond acceptors (Lipinski definition) is 2. The smallest absolute Gasteiger partial charge is 0.119 e. The largest absolute Gasteiger partial charge is 0.494 e. The molecule has 1 aliphatic rings. The molecule has 0 amide bonds. The maximum Gasteiger partial charge on any atom is 0.119 e. The first-order valence-electron chi connectivity index (χ1n) is 7.38. The molecule has 19 heavy (non-hydrogen) atoms. The Morgan fingerprint density at radius 1 is 1.00 bits per heavy atom. The maximum atomic E-state index is 5.73. The monoisotopic (exact) mass is 283 g/mol. The fourth-order valence-corrected chi connectivity index (χ4v) is 2.45. The molecule has 108 valence electrons. The Morgan fingerprint density at radius 2 is 1.68 bits per heavy atom. The summed E-state index contributed by atoms with van der Waals surface area (Å²) in [6.07, 6.45) is 7.70. The molecular weight excluding hydrogens is 258 g/mol. The number of halogens is 1. The van der Waals surface area contributed by atoms with Crippen molar-refractivity contribution in [2.24, 2.45) is 0 Å². The Balaban J connectivity index is 0.00000180. The average Bonchev–Trinajstić information content (AvgIpc) is 2.45. The van der Waals surface area contributed by atoms with E-state index in [1.165, 1.54) is 50.9 Å². The van der Waals surface area contributed by atoms with Gasteiger partial charge in [-0.05, 0) is 49.9 Å². The van der Waals surface area contributed by atoms with Crippen molar-refractivity contribution in [3.8, 4) is 5.75 Å². The Hall–Kier alpha value is -0.890. The Morgan fingerprint density at radius 3 is 2.32 bits per heavy atom. The highest BCUT2D eigenvalue weighted by Crippen LogP contribution is 2.22. The summed E-state index contributed by atoms with van der Waals surface area (Å²) in [6, 6.07) is 8.60. The first-order valence-corrected chi connectivity index (χ1v) is 7.38. The summed E-state index contributed by atoms with van der Waals surface area (Å²) >= 11 is 0. The van der Waals surface area contributed by atoms with Crippen molar-refractivity contribution in [1.82, 2.24) is 0 Å². The van der Waals surface area contributed by atoms with Crippen LogP contribution >= 0.6 is 12.4 Å². The maximum absolute atomic E-state index is 5.73. The molecule has 1 fully saturated rings. The van der Waals surface area contributed by atoms with Gasteiger partial charge in [0.2, 0.25) is 0 Å². The number of ether oxygens (including phenoxy) is 1. The number of benzene rings is 1. The van der Waals surface area contributed by atoms with E-state index in [1.54, 1.807) is 0 Å². The van der Waals surface area contributed by atoms with Crippen LogP contribution in [0.3, 0.4) is 0 Å². The molecule has 2 rings (SSSR count). The van der Waals surface area contributed by atoms with Crippen LogP contribution in [-0.4, -0.2) is 19.7 Å². The van der Waals surface area contributed by atoms with Gasteiger partial charge in [-0.1, -0.05) is 19.8 Å². The van der Waals surface area contributed by atoms with E-state index < -0.39 is 0 Å². The molecule has 3 heteroatoms. The lowest BCUT2D eigenvalue weighted by molar-refractivity contribution is 0.306. The fraction of sp³-hybridized carbons (Fsp3) is 0.625. The second-order valence-electron chi connectivity index (χ2n) is 5.10. The van der Waals surface area contributed by atoms with Gasteiger partial charge in [0.1, 0.15) is 5.75 Å². The fourth-order valence-electron chi connectivity index (χ4n) is 2.45. The second kappa shape index (κ2) is 9.08. The highest BCUT2D eigenvalue weighted by molar-refractivity contribution is 5.85. The minimum absolute atomic E-state index is 0. The van der Waals surface area contributed by atoms with Crippen LogP contribution in [0.4, 0.5) is 5.69 Å². The third kappa shape index (κ3) is 5.32. The van der Waals surface area contributed by atoms with E-state index >= 15 is 0 Å². The molecule has 0 atom stereocenters. The summed E-state index contributed by atoms with van der Waals surface area (Å²) in [6.45, 7) is 5.47. The van der Waals surface area contributed by atoms with Gasteiger partial charge < -0.3 is 9.64 Å². The van der Waals surface area contributed by atoms with Gasteiger partial charge in [0.15, 0.2) is 0 Å². The van der Waals surface area contributed by atoms with E-state index in [4.69, 9.17) is 4.74 Å². The summed E-state index contributed by atoms with van der Waals surface area (Å²) in [5, 5.41) is 0. The Labute approximate surface area is 123 Å². The first kappa shape index (κ1) is 16.2. The number of rotatable bonds is 6. The van der Waals surface area contributed by atoms with Crippen molar-refractivity contribution in [2.45, 2.75) is 45.4 Å². The lowest BCUT2D eigenvalue weighted by atomic mass is 10.1. The van der Waals surface area contributed by atoms with Crippen LogP contribution in [0.1, 0.15) is 45.4 Å². The van der Waals surface area contributed by atoms with Crippen LogP contribution in [0.25, 0.3) is 0 Å². The minimum Gasteiger partial charge on any atom is -0.494 e. The molecule has 1 saturated heterocycles. The van der Waals surface area contributed by atoms with Gasteiger partial charge in [-0.3, -0.25) is 0 Å². The van der Waals surface area contributed by atoms with Crippen LogP contribution in [0.15, 0.2) is 24.3 Å². The molecule has 0 radical (unpaired) electrons. The molecule has 1 aromatic carbocycles. The van der Waals surface area contributed by atoms with E-state index in [1.807, 2.05) is 0 Å². The predicted molar refractivity (Wildman–Crippen MR) is 84.8 cm³/mol. The summed E-state index contributed by atoms with van der Waals surface area (Å²) in [4.78, 5) is 2.48. The Bertz CT molecular complexity index is 333. The summed E-state index contributed by atoms with van der Waals surface area (Å²) < 4.78 is 5.73. The van der Waals surface area contributed by atoms with Gasteiger partial charge in [0.25, 0.3) is 0 Å². The highest BCUT2D eigenvalue weighted by Gasteiger charge is 2.10. The van der Waals surface area contributed by atoms with Gasteiger partial charge in [-0.15, -0.1) is 12.4 Å². The topological polar surface area (TPSA) is 12.5 Å². The van der Waals surface area contributed by atoms with Gasteiger partial charge in [-0.2, -0.15) is 0 Å². The van der Waals surface area contributed by atoms with Gasteiger partial charge in [0, 0.05) is 18.8 Å². The standard InChI is InChI=1S/C16H25NO.ClH/c1-2-3-7-14-18-16-10-8-15(9-11-16)17-12-5-4-6-13-17;/h8-11H,2-7,12-14H2,1H3;1H. The van der Waals surface area contributed by atoms with Crippen molar-refractivity contribution in [1.29, 1.82) is 0 Å². The normalized spacial score (nSPS) is 14.9. The molecule has 0 unspecified atom stereocenters. The molecule has 0 aliphatic carbocycles. The molecule has 0 N–H and O–H groups in total. The van der Waals surface area contributed by atoms with Gasteiger partial charge in [0.05, 0.1) is 6.61 Å². The molecule has 0 saturated carbocycles. The van der Waals surface area contributed by atoms with Gasteiger partial charge >= 0.3 is 0 Å². The molecule has 1 aliphatic heterocycles. The quantitative estimate of drug-likeness (QED) is 0.704. The zero-order chi connectivity index (χ0) is 12.6. The van der Waals surface area contributed by atoms with Crippen LogP contribution in [-0.2, 0) is 0 Å². The van der Waals surface area contributed by atoms with E-state index in [0.29, 0.717) is 0 Å². The van der Waals surface area contributed by atoms with E-state index in [0.717, 1.165) is 18.8 Å². The van der Waals surface area contributed by atoms with E-state index in [-0.39, 0.29) is 12.4 Å². The zero-order valence-electron chi connectivity index (χ0n) is 11.9. The first-order chi connectivity index (χ1) is 8.90. The van der Waals surface area contributed by atoms with E-state index in [9.17, 15) is 0 Å².